The Morgan fingerprint density at radius 1 is 0.973 bits per heavy atom. The molecule has 198 valence electrons. The molecule has 0 radical (unpaired) electrons. The molecule has 2 aromatic carbocycles. The first-order valence-corrected chi connectivity index (χ1v) is 13.1. The van der Waals surface area contributed by atoms with Crippen molar-refractivity contribution < 1.29 is 14.7 Å². The van der Waals surface area contributed by atoms with Gasteiger partial charge in [-0.3, -0.25) is 19.9 Å². The van der Waals surface area contributed by atoms with E-state index < -0.39 is 12.1 Å². The number of carbonyl (C=O) groups is 2. The number of piperidine rings is 1. The fraction of sp³-hybridized carbons (Fsp3) is 0.464. The number of likely N-dealkylation sites (tertiary alicyclic amines) is 1. The summed E-state index contributed by atoms with van der Waals surface area (Å²) in [5.74, 6) is -0.413. The van der Waals surface area contributed by atoms with Gasteiger partial charge < -0.3 is 26.8 Å². The van der Waals surface area contributed by atoms with E-state index in [0.29, 0.717) is 24.8 Å². The summed E-state index contributed by atoms with van der Waals surface area (Å²) in [4.78, 5) is 29.2. The molecule has 2 amide bonds. The molecule has 9 heteroatoms. The van der Waals surface area contributed by atoms with E-state index in [4.69, 9.17) is 11.1 Å². The number of benzene rings is 2. The van der Waals surface area contributed by atoms with Gasteiger partial charge in [0.1, 0.15) is 17.8 Å². The van der Waals surface area contributed by atoms with E-state index in [9.17, 15) is 14.7 Å². The van der Waals surface area contributed by atoms with Crippen molar-refractivity contribution in [2.45, 2.75) is 57.2 Å². The quantitative estimate of drug-likeness (QED) is 0.157. The monoisotopic (exact) mass is 506 g/mol. The third-order valence-electron chi connectivity index (χ3n) is 7.57. The summed E-state index contributed by atoms with van der Waals surface area (Å²) in [6.45, 7) is 2.46. The van der Waals surface area contributed by atoms with Crippen molar-refractivity contribution in [3.63, 3.8) is 0 Å². The van der Waals surface area contributed by atoms with Crippen LogP contribution in [0.3, 0.4) is 0 Å². The molecular formula is C28H38N6O3. The van der Waals surface area contributed by atoms with Crippen LogP contribution < -0.4 is 21.7 Å². The van der Waals surface area contributed by atoms with Gasteiger partial charge >= 0.3 is 0 Å². The lowest BCUT2D eigenvalue weighted by molar-refractivity contribution is -0.133. The van der Waals surface area contributed by atoms with Crippen LogP contribution in [0, 0.1) is 10.8 Å². The van der Waals surface area contributed by atoms with Crippen LogP contribution in [0.15, 0.2) is 54.6 Å². The van der Waals surface area contributed by atoms with Crippen LogP contribution in [0.1, 0.15) is 55.7 Å². The molecule has 0 aromatic heterocycles. The van der Waals surface area contributed by atoms with Crippen molar-refractivity contribution in [2.24, 2.45) is 11.1 Å². The molecule has 4 rings (SSSR count). The average molecular weight is 507 g/mol. The largest absolute Gasteiger partial charge is 0.508 e. The van der Waals surface area contributed by atoms with Gasteiger partial charge in [-0.05, 0) is 80.3 Å². The Morgan fingerprint density at radius 3 is 2.27 bits per heavy atom. The van der Waals surface area contributed by atoms with Crippen LogP contribution in [0.4, 0.5) is 0 Å². The predicted octanol–water partition coefficient (Wildman–Crippen LogP) is 2.37. The maximum absolute atomic E-state index is 13.8. The second kappa shape index (κ2) is 12.1. The number of hydrogen-bond donors (Lipinski definition) is 6. The summed E-state index contributed by atoms with van der Waals surface area (Å²) >= 11 is 0. The molecule has 2 fully saturated rings. The zero-order valence-electron chi connectivity index (χ0n) is 21.2. The van der Waals surface area contributed by atoms with Crippen molar-refractivity contribution in [3.05, 3.63) is 65.7 Å². The van der Waals surface area contributed by atoms with Crippen LogP contribution >= 0.6 is 0 Å². The standard InChI is InChI=1S/C28H38N6O3/c29-27(30)31-16-4-7-23(25(36)32-19-20-8-10-22(35)11-9-20)33-26(37)24(21-5-2-1-3-6-21)34-17-14-28(12-13-28)15-18-34/h1-3,5-6,8-11,23-24,35H,4,7,12-19H2,(H,32,36)(H,33,37)(H4,29,30,31)/t23-,24?/m1/s1. The first-order valence-electron chi connectivity index (χ1n) is 13.1. The Balaban J connectivity index is 1.45. The minimum absolute atomic E-state index is 0.125. The van der Waals surface area contributed by atoms with Gasteiger partial charge in [-0.1, -0.05) is 42.5 Å². The number of phenolic OH excluding ortho intramolecular Hbond substituents is 1. The van der Waals surface area contributed by atoms with Crippen molar-refractivity contribution in [2.75, 3.05) is 19.6 Å². The number of aromatic hydroxyl groups is 1. The highest BCUT2D eigenvalue weighted by Gasteiger charge is 2.46. The van der Waals surface area contributed by atoms with Crippen LogP contribution in [-0.2, 0) is 16.1 Å². The lowest BCUT2D eigenvalue weighted by Crippen LogP contribution is -2.51. The third kappa shape index (κ3) is 7.45. The SMILES string of the molecule is N=C(N)NCCC[C@@H](NC(=O)C(c1ccccc1)N1CCC2(CC1)CC2)C(=O)NCc1ccc(O)cc1. The number of amides is 2. The second-order valence-electron chi connectivity index (χ2n) is 10.3. The van der Waals surface area contributed by atoms with Gasteiger partial charge in [0.05, 0.1) is 0 Å². The van der Waals surface area contributed by atoms with Crippen LogP contribution in [0.2, 0.25) is 0 Å². The number of nitrogens with zero attached hydrogens (tertiary/aromatic N) is 1. The molecule has 1 saturated carbocycles. The number of nitrogens with two attached hydrogens (primary N) is 1. The fourth-order valence-corrected chi connectivity index (χ4v) is 5.07. The molecule has 2 aliphatic rings. The van der Waals surface area contributed by atoms with Gasteiger partial charge in [0, 0.05) is 13.1 Å². The minimum Gasteiger partial charge on any atom is -0.508 e. The van der Waals surface area contributed by atoms with Gasteiger partial charge in [-0.25, -0.2) is 0 Å². The highest BCUT2D eigenvalue weighted by atomic mass is 16.3. The number of carbonyl (C=O) groups excluding carboxylic acids is 2. The fourth-order valence-electron chi connectivity index (χ4n) is 5.07. The van der Waals surface area contributed by atoms with Gasteiger partial charge in [-0.15, -0.1) is 0 Å². The predicted molar refractivity (Wildman–Crippen MR) is 143 cm³/mol. The second-order valence-corrected chi connectivity index (χ2v) is 10.3. The highest BCUT2D eigenvalue weighted by Crippen LogP contribution is 2.54. The van der Waals surface area contributed by atoms with Crippen molar-refractivity contribution >= 4 is 17.8 Å². The van der Waals surface area contributed by atoms with E-state index in [1.54, 1.807) is 24.3 Å². The normalized spacial score (nSPS) is 17.9. The van der Waals surface area contributed by atoms with E-state index in [2.05, 4.69) is 20.9 Å². The molecule has 7 N–H and O–H groups in total. The lowest BCUT2D eigenvalue weighted by atomic mass is 9.91. The lowest BCUT2D eigenvalue weighted by Gasteiger charge is -2.37. The number of nitrogens with one attached hydrogen (secondary N) is 4. The van der Waals surface area contributed by atoms with Crippen LogP contribution in [-0.4, -0.2) is 53.5 Å². The van der Waals surface area contributed by atoms with Crippen molar-refractivity contribution in [1.82, 2.24) is 20.9 Å². The zero-order chi connectivity index (χ0) is 26.3. The number of hydrogen-bond acceptors (Lipinski definition) is 5. The summed E-state index contributed by atoms with van der Waals surface area (Å²) in [7, 11) is 0. The van der Waals surface area contributed by atoms with E-state index in [1.165, 1.54) is 12.8 Å². The Kier molecular flexibility index (Phi) is 8.66. The van der Waals surface area contributed by atoms with Gasteiger partial charge in [0.2, 0.25) is 11.8 Å². The number of guanidine groups is 1. The Hall–Kier alpha value is -3.59. The summed E-state index contributed by atoms with van der Waals surface area (Å²) in [5.41, 5.74) is 7.65. The molecule has 0 bridgehead atoms. The minimum atomic E-state index is -0.732. The summed E-state index contributed by atoms with van der Waals surface area (Å²) < 4.78 is 0. The first kappa shape index (κ1) is 26.5. The van der Waals surface area contributed by atoms with Gasteiger partial charge in [0.15, 0.2) is 5.96 Å². The maximum Gasteiger partial charge on any atom is 0.242 e. The van der Waals surface area contributed by atoms with Crippen LogP contribution in [0.25, 0.3) is 0 Å². The summed E-state index contributed by atoms with van der Waals surface area (Å²) in [6.07, 6.45) is 5.76. The summed E-state index contributed by atoms with van der Waals surface area (Å²) in [5, 5.41) is 25.5. The van der Waals surface area contributed by atoms with E-state index >= 15 is 0 Å². The number of phenols is 1. The molecule has 1 spiro atoms. The van der Waals surface area contributed by atoms with Crippen molar-refractivity contribution in [1.29, 1.82) is 5.41 Å². The molecule has 1 unspecified atom stereocenters. The van der Waals surface area contributed by atoms with Crippen LogP contribution in [0.5, 0.6) is 5.75 Å². The van der Waals surface area contributed by atoms with Crippen molar-refractivity contribution in [3.8, 4) is 5.75 Å². The smallest absolute Gasteiger partial charge is 0.242 e. The summed E-state index contributed by atoms with van der Waals surface area (Å²) in [6, 6.07) is 15.2. The molecule has 1 aliphatic heterocycles. The highest BCUT2D eigenvalue weighted by molar-refractivity contribution is 5.90. The van der Waals surface area contributed by atoms with E-state index in [0.717, 1.165) is 37.1 Å². The Labute approximate surface area is 218 Å². The third-order valence-corrected chi connectivity index (χ3v) is 7.57. The molecule has 9 nitrogen and oxygen atoms in total. The molecule has 2 aromatic rings. The molecular weight excluding hydrogens is 468 g/mol. The number of rotatable bonds is 11. The van der Waals surface area contributed by atoms with E-state index in [1.807, 2.05) is 30.3 Å². The Bertz CT molecular complexity index is 1060. The van der Waals surface area contributed by atoms with Gasteiger partial charge in [0.25, 0.3) is 0 Å². The maximum atomic E-state index is 13.8. The average Bonchev–Trinajstić information content (AvgIpc) is 3.66. The van der Waals surface area contributed by atoms with E-state index in [-0.39, 0.29) is 30.1 Å². The van der Waals surface area contributed by atoms with Gasteiger partial charge in [-0.2, -0.15) is 0 Å². The molecule has 1 aliphatic carbocycles. The zero-order valence-corrected chi connectivity index (χ0v) is 21.2. The molecule has 1 saturated heterocycles. The first-order chi connectivity index (χ1) is 17.8. The molecule has 2 atom stereocenters. The molecule has 1 heterocycles. The topological polar surface area (TPSA) is 144 Å². The molecule has 37 heavy (non-hydrogen) atoms. The Morgan fingerprint density at radius 2 is 1.65 bits per heavy atom.